The fourth-order valence-electron chi connectivity index (χ4n) is 2.61. The lowest BCUT2D eigenvalue weighted by Crippen LogP contribution is -2.39. The highest BCUT2D eigenvalue weighted by Gasteiger charge is 2.24. The Labute approximate surface area is 145 Å². The number of hydrogen-bond acceptors (Lipinski definition) is 4. The van der Waals surface area contributed by atoms with Crippen molar-refractivity contribution in [1.29, 1.82) is 0 Å². The third kappa shape index (κ3) is 4.87. The Kier molecular flexibility index (Phi) is 5.84. The molecule has 0 spiro atoms. The van der Waals surface area contributed by atoms with E-state index >= 15 is 0 Å². The van der Waals surface area contributed by atoms with E-state index in [1.54, 1.807) is 19.1 Å². The topological polar surface area (TPSA) is 115 Å². The van der Waals surface area contributed by atoms with Gasteiger partial charge in [0.25, 0.3) is 5.69 Å². The zero-order valence-electron chi connectivity index (χ0n) is 13.7. The van der Waals surface area contributed by atoms with Crippen LogP contribution < -0.4 is 11.1 Å². The molecule has 0 aliphatic rings. The van der Waals surface area contributed by atoms with E-state index in [1.807, 2.05) is 30.3 Å². The molecule has 0 radical (unpaired) electrons. The Hall–Kier alpha value is -3.22. The Morgan fingerprint density at radius 3 is 2.16 bits per heavy atom. The molecule has 2 rings (SSSR count). The number of primary amides is 1. The van der Waals surface area contributed by atoms with Gasteiger partial charge in [-0.2, -0.15) is 0 Å². The SMILES string of the molecule is CC(CC(N)=O)NC(=O)C(c1ccccc1)c1ccc([N+](=O)[O-])cc1. The number of nitrogens with one attached hydrogen (secondary N) is 1. The number of carbonyl (C=O) groups excluding carboxylic acids is 2. The van der Waals surface area contributed by atoms with Gasteiger partial charge in [-0.25, -0.2) is 0 Å². The summed E-state index contributed by atoms with van der Waals surface area (Å²) in [5.41, 5.74) is 6.49. The van der Waals surface area contributed by atoms with E-state index < -0.39 is 22.8 Å². The molecule has 130 valence electrons. The Morgan fingerprint density at radius 1 is 1.08 bits per heavy atom. The molecule has 0 bridgehead atoms. The van der Waals surface area contributed by atoms with Gasteiger partial charge in [0.2, 0.25) is 11.8 Å². The first-order chi connectivity index (χ1) is 11.9. The van der Waals surface area contributed by atoms with Gasteiger partial charge in [-0.15, -0.1) is 0 Å². The van der Waals surface area contributed by atoms with Crippen LogP contribution in [0.1, 0.15) is 30.4 Å². The molecule has 0 saturated heterocycles. The molecule has 2 aromatic carbocycles. The van der Waals surface area contributed by atoms with Gasteiger partial charge in [0.05, 0.1) is 10.8 Å². The van der Waals surface area contributed by atoms with Gasteiger partial charge in [0.15, 0.2) is 0 Å². The molecule has 7 heteroatoms. The molecule has 0 heterocycles. The molecule has 2 aromatic rings. The molecule has 2 atom stereocenters. The number of rotatable bonds is 7. The molecule has 3 N–H and O–H groups in total. The molecule has 7 nitrogen and oxygen atoms in total. The second kappa shape index (κ2) is 8.05. The van der Waals surface area contributed by atoms with Crippen molar-refractivity contribution in [3.63, 3.8) is 0 Å². The summed E-state index contributed by atoms with van der Waals surface area (Å²) < 4.78 is 0. The average Bonchev–Trinajstić information content (AvgIpc) is 2.55. The van der Waals surface area contributed by atoms with Gasteiger partial charge in [0, 0.05) is 24.6 Å². The van der Waals surface area contributed by atoms with Crippen molar-refractivity contribution in [1.82, 2.24) is 5.32 Å². The van der Waals surface area contributed by atoms with Gasteiger partial charge in [-0.05, 0) is 18.1 Å². The largest absolute Gasteiger partial charge is 0.370 e. The fourth-order valence-corrected chi connectivity index (χ4v) is 2.61. The molecule has 0 aromatic heterocycles. The summed E-state index contributed by atoms with van der Waals surface area (Å²) in [4.78, 5) is 34.1. The summed E-state index contributed by atoms with van der Waals surface area (Å²) in [6.07, 6.45) is 0.0352. The van der Waals surface area contributed by atoms with Crippen LogP contribution in [0.15, 0.2) is 54.6 Å². The second-order valence-corrected chi connectivity index (χ2v) is 5.77. The predicted molar refractivity (Wildman–Crippen MR) is 92.8 cm³/mol. The summed E-state index contributed by atoms with van der Waals surface area (Å²) in [6, 6.07) is 14.5. The van der Waals surface area contributed by atoms with Gasteiger partial charge in [-0.3, -0.25) is 19.7 Å². The molecule has 2 amide bonds. The number of hydrogen-bond donors (Lipinski definition) is 2. The lowest BCUT2D eigenvalue weighted by molar-refractivity contribution is -0.384. The van der Waals surface area contributed by atoms with E-state index in [2.05, 4.69) is 5.32 Å². The van der Waals surface area contributed by atoms with Crippen molar-refractivity contribution in [3.05, 3.63) is 75.8 Å². The number of non-ortho nitro benzene ring substituents is 1. The van der Waals surface area contributed by atoms with Crippen LogP contribution in [0.4, 0.5) is 5.69 Å². The smallest absolute Gasteiger partial charge is 0.269 e. The van der Waals surface area contributed by atoms with Gasteiger partial charge in [0.1, 0.15) is 0 Å². The first-order valence-corrected chi connectivity index (χ1v) is 7.76. The summed E-state index contributed by atoms with van der Waals surface area (Å²) in [5, 5.41) is 13.6. The van der Waals surface area contributed by atoms with Crippen molar-refractivity contribution < 1.29 is 14.5 Å². The molecule has 25 heavy (non-hydrogen) atoms. The molecule has 2 unspecified atom stereocenters. The summed E-state index contributed by atoms with van der Waals surface area (Å²) in [5.74, 6) is -1.44. The maximum atomic E-state index is 12.8. The molecule has 0 aliphatic carbocycles. The molecule has 0 fully saturated rings. The quantitative estimate of drug-likeness (QED) is 0.592. The number of carbonyl (C=O) groups is 2. The van der Waals surface area contributed by atoms with E-state index in [-0.39, 0.29) is 18.0 Å². The Balaban J connectivity index is 2.32. The summed E-state index contributed by atoms with van der Waals surface area (Å²) in [6.45, 7) is 1.69. The number of benzene rings is 2. The van der Waals surface area contributed by atoms with E-state index in [4.69, 9.17) is 5.73 Å². The molecular weight excluding hydrogens is 322 g/mol. The van der Waals surface area contributed by atoms with Crippen LogP contribution in [0.25, 0.3) is 0 Å². The van der Waals surface area contributed by atoms with Crippen LogP contribution >= 0.6 is 0 Å². The van der Waals surface area contributed by atoms with Crippen molar-refractivity contribution in [3.8, 4) is 0 Å². The minimum Gasteiger partial charge on any atom is -0.370 e. The number of nitrogens with zero attached hydrogens (tertiary/aromatic N) is 1. The third-order valence-electron chi connectivity index (χ3n) is 3.73. The first-order valence-electron chi connectivity index (χ1n) is 7.76. The fraction of sp³-hybridized carbons (Fsp3) is 0.222. The van der Waals surface area contributed by atoms with Crippen molar-refractivity contribution >= 4 is 17.5 Å². The number of nitrogens with two attached hydrogens (primary N) is 1. The minimum absolute atomic E-state index is 0.0352. The standard InChI is InChI=1S/C18H19N3O4/c1-12(11-16(19)22)20-18(23)17(13-5-3-2-4-6-13)14-7-9-15(10-8-14)21(24)25/h2-10,12,17H,11H2,1H3,(H2,19,22)(H,20,23). The van der Waals surface area contributed by atoms with E-state index in [9.17, 15) is 19.7 Å². The lowest BCUT2D eigenvalue weighted by Gasteiger charge is -2.20. The highest BCUT2D eigenvalue weighted by atomic mass is 16.6. The van der Waals surface area contributed by atoms with Crippen molar-refractivity contribution in [2.24, 2.45) is 5.73 Å². The van der Waals surface area contributed by atoms with Crippen molar-refractivity contribution in [2.45, 2.75) is 25.3 Å². The van der Waals surface area contributed by atoms with Crippen LogP contribution in [0.2, 0.25) is 0 Å². The monoisotopic (exact) mass is 341 g/mol. The minimum atomic E-state index is -0.641. The highest BCUT2D eigenvalue weighted by molar-refractivity contribution is 5.88. The van der Waals surface area contributed by atoms with Crippen LogP contribution in [-0.4, -0.2) is 22.8 Å². The summed E-state index contributed by atoms with van der Waals surface area (Å²) >= 11 is 0. The van der Waals surface area contributed by atoms with E-state index in [0.717, 1.165) is 5.56 Å². The van der Waals surface area contributed by atoms with E-state index in [0.29, 0.717) is 5.56 Å². The number of nitro benzene ring substituents is 1. The summed E-state index contributed by atoms with van der Waals surface area (Å²) in [7, 11) is 0. The normalized spacial score (nSPS) is 12.8. The van der Waals surface area contributed by atoms with Gasteiger partial charge in [-0.1, -0.05) is 42.5 Å². The lowest BCUT2D eigenvalue weighted by atomic mass is 9.90. The van der Waals surface area contributed by atoms with Gasteiger partial charge < -0.3 is 11.1 Å². The molecular formula is C18H19N3O4. The first kappa shape index (κ1) is 18.1. The highest BCUT2D eigenvalue weighted by Crippen LogP contribution is 2.26. The Morgan fingerprint density at radius 2 is 1.64 bits per heavy atom. The van der Waals surface area contributed by atoms with Crippen LogP contribution in [0.3, 0.4) is 0 Å². The maximum Gasteiger partial charge on any atom is 0.269 e. The zero-order valence-corrected chi connectivity index (χ0v) is 13.7. The predicted octanol–water partition coefficient (Wildman–Crippen LogP) is 2.11. The maximum absolute atomic E-state index is 12.8. The van der Waals surface area contributed by atoms with E-state index in [1.165, 1.54) is 12.1 Å². The van der Waals surface area contributed by atoms with Gasteiger partial charge >= 0.3 is 0 Å². The average molecular weight is 341 g/mol. The molecule has 0 saturated carbocycles. The third-order valence-corrected chi connectivity index (χ3v) is 3.73. The van der Waals surface area contributed by atoms with Crippen LogP contribution in [0.5, 0.6) is 0 Å². The zero-order chi connectivity index (χ0) is 18.4. The molecule has 0 aliphatic heterocycles. The van der Waals surface area contributed by atoms with Crippen LogP contribution in [0, 0.1) is 10.1 Å². The van der Waals surface area contributed by atoms with Crippen molar-refractivity contribution in [2.75, 3.05) is 0 Å². The Bertz CT molecular complexity index is 760. The second-order valence-electron chi connectivity index (χ2n) is 5.77. The number of nitro groups is 1. The number of amides is 2. The van der Waals surface area contributed by atoms with Crippen LogP contribution in [-0.2, 0) is 9.59 Å².